The third-order valence-electron chi connectivity index (χ3n) is 2.09. The normalized spacial score (nSPS) is 22.3. The number of likely N-dealkylation sites (tertiary alicyclic amines) is 1. The summed E-state index contributed by atoms with van der Waals surface area (Å²) in [7, 11) is 0. The molecule has 1 aliphatic heterocycles. The van der Waals surface area contributed by atoms with E-state index in [2.05, 4.69) is 0 Å². The maximum absolute atomic E-state index is 11.4. The number of carbonyl (C=O) groups excluding carboxylic acids is 1. The Morgan fingerprint density at radius 1 is 1.69 bits per heavy atom. The first kappa shape index (κ1) is 10.5. The Bertz CT molecular complexity index is 172. The SMILES string of the molecule is CCCOCC(=O)N1CCC(O)C1. The summed E-state index contributed by atoms with van der Waals surface area (Å²) in [6, 6.07) is 0. The van der Waals surface area contributed by atoms with E-state index >= 15 is 0 Å². The first-order valence-electron chi connectivity index (χ1n) is 4.77. The molecule has 0 aliphatic carbocycles. The summed E-state index contributed by atoms with van der Waals surface area (Å²) in [5.41, 5.74) is 0. The zero-order valence-corrected chi connectivity index (χ0v) is 8.03. The summed E-state index contributed by atoms with van der Waals surface area (Å²) < 4.78 is 5.12. The number of rotatable bonds is 4. The second-order valence-electron chi connectivity index (χ2n) is 3.33. The molecule has 13 heavy (non-hydrogen) atoms. The lowest BCUT2D eigenvalue weighted by Crippen LogP contribution is -2.32. The first-order valence-corrected chi connectivity index (χ1v) is 4.77. The molecule has 0 bridgehead atoms. The smallest absolute Gasteiger partial charge is 0.248 e. The fourth-order valence-corrected chi connectivity index (χ4v) is 1.36. The van der Waals surface area contributed by atoms with Crippen molar-refractivity contribution in [2.24, 2.45) is 0 Å². The van der Waals surface area contributed by atoms with Crippen LogP contribution in [0.1, 0.15) is 19.8 Å². The number of ether oxygens (including phenoxy) is 1. The van der Waals surface area contributed by atoms with Crippen molar-refractivity contribution in [1.29, 1.82) is 0 Å². The summed E-state index contributed by atoms with van der Waals surface area (Å²) >= 11 is 0. The molecule has 1 amide bonds. The minimum Gasteiger partial charge on any atom is -0.391 e. The van der Waals surface area contributed by atoms with E-state index in [9.17, 15) is 9.90 Å². The Balaban J connectivity index is 2.16. The zero-order chi connectivity index (χ0) is 9.68. The van der Waals surface area contributed by atoms with Gasteiger partial charge in [0.2, 0.25) is 5.91 Å². The molecule has 0 saturated carbocycles. The van der Waals surface area contributed by atoms with Crippen molar-refractivity contribution in [2.75, 3.05) is 26.3 Å². The second kappa shape index (κ2) is 5.19. The van der Waals surface area contributed by atoms with Crippen molar-refractivity contribution in [2.45, 2.75) is 25.9 Å². The zero-order valence-electron chi connectivity index (χ0n) is 8.03. The number of aliphatic hydroxyl groups is 1. The number of aliphatic hydroxyl groups excluding tert-OH is 1. The molecule has 0 aromatic rings. The average Bonchev–Trinajstić information content (AvgIpc) is 2.52. The van der Waals surface area contributed by atoms with E-state index in [4.69, 9.17) is 4.74 Å². The fourth-order valence-electron chi connectivity index (χ4n) is 1.36. The van der Waals surface area contributed by atoms with Gasteiger partial charge in [-0.2, -0.15) is 0 Å². The molecule has 0 aromatic carbocycles. The third-order valence-corrected chi connectivity index (χ3v) is 2.09. The first-order chi connectivity index (χ1) is 6.24. The van der Waals surface area contributed by atoms with Crippen LogP contribution in [0.2, 0.25) is 0 Å². The standard InChI is InChI=1S/C9H17NO3/c1-2-5-13-7-9(12)10-4-3-8(11)6-10/h8,11H,2-7H2,1H3. The van der Waals surface area contributed by atoms with E-state index in [-0.39, 0.29) is 18.6 Å². The topological polar surface area (TPSA) is 49.8 Å². The summed E-state index contributed by atoms with van der Waals surface area (Å²) in [6.45, 7) is 3.91. The molecular formula is C9H17NO3. The highest BCUT2D eigenvalue weighted by Gasteiger charge is 2.23. The molecule has 1 saturated heterocycles. The van der Waals surface area contributed by atoms with Gasteiger partial charge in [0, 0.05) is 19.7 Å². The van der Waals surface area contributed by atoms with Gasteiger partial charge in [0.15, 0.2) is 0 Å². The summed E-state index contributed by atoms with van der Waals surface area (Å²) in [5.74, 6) is -0.00926. The van der Waals surface area contributed by atoms with Gasteiger partial charge in [-0.25, -0.2) is 0 Å². The minimum absolute atomic E-state index is 0.00926. The molecule has 0 spiro atoms. The number of carbonyl (C=O) groups is 1. The highest BCUT2D eigenvalue weighted by Crippen LogP contribution is 2.08. The Kier molecular flexibility index (Phi) is 4.18. The van der Waals surface area contributed by atoms with Crippen LogP contribution in [-0.4, -0.2) is 48.3 Å². The molecule has 1 unspecified atom stereocenters. The largest absolute Gasteiger partial charge is 0.391 e. The van der Waals surface area contributed by atoms with Crippen LogP contribution in [-0.2, 0) is 9.53 Å². The van der Waals surface area contributed by atoms with E-state index < -0.39 is 0 Å². The third kappa shape index (κ3) is 3.32. The predicted molar refractivity (Wildman–Crippen MR) is 48.3 cm³/mol. The molecule has 1 atom stereocenters. The summed E-state index contributed by atoms with van der Waals surface area (Å²) in [4.78, 5) is 13.0. The monoisotopic (exact) mass is 187 g/mol. The Morgan fingerprint density at radius 3 is 3.00 bits per heavy atom. The molecule has 1 aliphatic rings. The van der Waals surface area contributed by atoms with Gasteiger partial charge >= 0.3 is 0 Å². The number of nitrogens with zero attached hydrogens (tertiary/aromatic N) is 1. The highest BCUT2D eigenvalue weighted by atomic mass is 16.5. The van der Waals surface area contributed by atoms with Crippen LogP contribution in [0.15, 0.2) is 0 Å². The number of amides is 1. The molecule has 1 heterocycles. The number of hydrogen-bond acceptors (Lipinski definition) is 3. The van der Waals surface area contributed by atoms with E-state index in [0.29, 0.717) is 26.1 Å². The lowest BCUT2D eigenvalue weighted by Gasteiger charge is -2.14. The van der Waals surface area contributed by atoms with E-state index in [0.717, 1.165) is 6.42 Å². The van der Waals surface area contributed by atoms with E-state index in [1.165, 1.54) is 0 Å². The van der Waals surface area contributed by atoms with E-state index in [1.54, 1.807) is 4.90 Å². The molecule has 0 radical (unpaired) electrons. The van der Waals surface area contributed by atoms with Gasteiger partial charge in [0.1, 0.15) is 6.61 Å². The summed E-state index contributed by atoms with van der Waals surface area (Å²) in [5, 5.41) is 9.19. The molecular weight excluding hydrogens is 170 g/mol. The van der Waals surface area contributed by atoms with Crippen LogP contribution in [0.3, 0.4) is 0 Å². The van der Waals surface area contributed by atoms with Crippen molar-refractivity contribution in [1.82, 2.24) is 4.90 Å². The van der Waals surface area contributed by atoms with Gasteiger partial charge in [-0.3, -0.25) is 4.79 Å². The lowest BCUT2D eigenvalue weighted by atomic mass is 10.3. The average molecular weight is 187 g/mol. The van der Waals surface area contributed by atoms with Crippen LogP contribution in [0, 0.1) is 0 Å². The quantitative estimate of drug-likeness (QED) is 0.630. The van der Waals surface area contributed by atoms with Gasteiger partial charge in [-0.1, -0.05) is 6.92 Å². The van der Waals surface area contributed by atoms with Crippen LogP contribution < -0.4 is 0 Å². The Labute approximate surface area is 78.5 Å². The van der Waals surface area contributed by atoms with Crippen molar-refractivity contribution < 1.29 is 14.6 Å². The molecule has 1 fully saturated rings. The van der Waals surface area contributed by atoms with Gasteiger partial charge in [0.25, 0.3) is 0 Å². The van der Waals surface area contributed by atoms with Gasteiger partial charge in [-0.05, 0) is 12.8 Å². The van der Waals surface area contributed by atoms with Gasteiger partial charge < -0.3 is 14.7 Å². The van der Waals surface area contributed by atoms with Crippen molar-refractivity contribution in [3.05, 3.63) is 0 Å². The highest BCUT2D eigenvalue weighted by molar-refractivity contribution is 5.77. The molecule has 4 heteroatoms. The van der Waals surface area contributed by atoms with Gasteiger partial charge in [-0.15, -0.1) is 0 Å². The molecule has 1 rings (SSSR count). The molecule has 1 N–H and O–H groups in total. The molecule has 4 nitrogen and oxygen atoms in total. The predicted octanol–water partition coefficient (Wildman–Crippen LogP) is 0.00620. The van der Waals surface area contributed by atoms with Crippen LogP contribution in [0.5, 0.6) is 0 Å². The molecule has 76 valence electrons. The number of hydrogen-bond donors (Lipinski definition) is 1. The maximum atomic E-state index is 11.4. The minimum atomic E-state index is -0.338. The summed E-state index contributed by atoms with van der Waals surface area (Å²) in [6.07, 6.45) is 1.28. The lowest BCUT2D eigenvalue weighted by molar-refractivity contribution is -0.135. The Morgan fingerprint density at radius 2 is 2.46 bits per heavy atom. The van der Waals surface area contributed by atoms with Crippen LogP contribution >= 0.6 is 0 Å². The van der Waals surface area contributed by atoms with Crippen LogP contribution in [0.25, 0.3) is 0 Å². The molecule has 0 aromatic heterocycles. The maximum Gasteiger partial charge on any atom is 0.248 e. The van der Waals surface area contributed by atoms with E-state index in [1.807, 2.05) is 6.92 Å². The second-order valence-corrected chi connectivity index (χ2v) is 3.33. The van der Waals surface area contributed by atoms with Crippen molar-refractivity contribution in [3.8, 4) is 0 Å². The van der Waals surface area contributed by atoms with Crippen molar-refractivity contribution in [3.63, 3.8) is 0 Å². The Hall–Kier alpha value is -0.610. The van der Waals surface area contributed by atoms with Crippen LogP contribution in [0.4, 0.5) is 0 Å². The van der Waals surface area contributed by atoms with Gasteiger partial charge in [0.05, 0.1) is 6.10 Å². The fraction of sp³-hybridized carbons (Fsp3) is 0.889. The van der Waals surface area contributed by atoms with Crippen molar-refractivity contribution >= 4 is 5.91 Å². The number of β-amino-alcohol motifs (C(OH)–C–C–N with tert-alkyl or cyclic N) is 1.